The van der Waals surface area contributed by atoms with Gasteiger partial charge in [-0.05, 0) is 42.7 Å². The molecule has 0 fully saturated rings. The molecule has 0 aliphatic heterocycles. The quantitative estimate of drug-likeness (QED) is 0.352. The topological polar surface area (TPSA) is 78.2 Å². The van der Waals surface area contributed by atoms with Crippen LogP contribution in [-0.4, -0.2) is 39.1 Å². The smallest absolute Gasteiger partial charge is 0.278 e. The number of amides is 1. The number of hydrogen-bond donors (Lipinski definition) is 1. The van der Waals surface area contributed by atoms with Gasteiger partial charge in [0.1, 0.15) is 16.8 Å². The van der Waals surface area contributed by atoms with Crippen molar-refractivity contribution in [2.75, 3.05) is 24.4 Å². The van der Waals surface area contributed by atoms with Crippen molar-refractivity contribution >= 4 is 57.1 Å². The Hall–Kier alpha value is -2.91. The number of carbonyl (C=O) groups is 1. The van der Waals surface area contributed by atoms with Crippen LogP contribution in [0.3, 0.4) is 0 Å². The Morgan fingerprint density at radius 2 is 1.97 bits per heavy atom. The van der Waals surface area contributed by atoms with Crippen LogP contribution >= 0.6 is 23.5 Å². The Balaban J connectivity index is 1.64. The summed E-state index contributed by atoms with van der Waals surface area (Å²) in [6, 6.07) is 13.3. The fourth-order valence-electron chi connectivity index (χ4n) is 3.46. The largest absolute Gasteiger partial charge is 0.497 e. The van der Waals surface area contributed by atoms with E-state index in [-0.39, 0.29) is 17.2 Å². The van der Waals surface area contributed by atoms with Gasteiger partial charge in [-0.2, -0.15) is 0 Å². The molecule has 1 amide bonds. The molecule has 0 saturated carbocycles. The summed E-state index contributed by atoms with van der Waals surface area (Å²) < 4.78 is 8.67. The normalized spacial score (nSPS) is 11.2. The number of nitrogens with one attached hydrogen (secondary N) is 1. The third-order valence-corrected chi connectivity index (χ3v) is 6.82. The van der Waals surface area contributed by atoms with Crippen molar-refractivity contribution in [2.45, 2.75) is 10.1 Å². The van der Waals surface area contributed by atoms with E-state index in [9.17, 15) is 9.59 Å². The zero-order valence-corrected chi connectivity index (χ0v) is 19.3. The summed E-state index contributed by atoms with van der Waals surface area (Å²) >= 11 is 2.85. The SMILES string of the molecule is COc1ccc2c(c1)c1nc(SCC(=O)Nc3cccc(SC)c3)n(C)c(=O)c1n2C. The van der Waals surface area contributed by atoms with Crippen molar-refractivity contribution in [3.05, 3.63) is 52.8 Å². The summed E-state index contributed by atoms with van der Waals surface area (Å²) in [5.74, 6) is 0.685. The number of aryl methyl sites for hydroxylation is 1. The third kappa shape index (κ3) is 4.03. The molecule has 2 heterocycles. The summed E-state index contributed by atoms with van der Waals surface area (Å²) in [7, 11) is 5.13. The van der Waals surface area contributed by atoms with E-state index in [4.69, 9.17) is 9.72 Å². The first kappa shape index (κ1) is 21.3. The maximum Gasteiger partial charge on any atom is 0.278 e. The molecule has 0 unspecified atom stereocenters. The molecule has 0 aliphatic carbocycles. The van der Waals surface area contributed by atoms with Crippen LogP contribution in [0.25, 0.3) is 21.9 Å². The number of benzene rings is 2. The van der Waals surface area contributed by atoms with Gasteiger partial charge in [0.2, 0.25) is 5.91 Å². The number of thioether (sulfide) groups is 2. The third-order valence-electron chi connectivity index (χ3n) is 5.07. The highest BCUT2D eigenvalue weighted by Crippen LogP contribution is 2.29. The number of fused-ring (bicyclic) bond motifs is 3. The van der Waals surface area contributed by atoms with E-state index in [1.807, 2.05) is 60.3 Å². The summed E-state index contributed by atoms with van der Waals surface area (Å²) in [6.07, 6.45) is 1.99. The maximum atomic E-state index is 13.1. The lowest BCUT2D eigenvalue weighted by Gasteiger charge is -2.09. The lowest BCUT2D eigenvalue weighted by Crippen LogP contribution is -2.22. The van der Waals surface area contributed by atoms with Gasteiger partial charge in [-0.25, -0.2) is 4.98 Å². The first-order valence-electron chi connectivity index (χ1n) is 9.52. The van der Waals surface area contributed by atoms with Crippen LogP contribution in [0, 0.1) is 0 Å². The second kappa shape index (κ2) is 8.68. The van der Waals surface area contributed by atoms with Gasteiger partial charge >= 0.3 is 0 Å². The summed E-state index contributed by atoms with van der Waals surface area (Å²) in [5.41, 5.74) is 2.62. The monoisotopic (exact) mass is 454 g/mol. The summed E-state index contributed by atoms with van der Waals surface area (Å²) in [6.45, 7) is 0. The van der Waals surface area contributed by atoms with Gasteiger partial charge in [0.15, 0.2) is 5.16 Å². The average Bonchev–Trinajstić information content (AvgIpc) is 3.06. The molecule has 1 N–H and O–H groups in total. The standard InChI is InChI=1S/C22H22N4O3S2/c1-25-17-9-8-14(29-3)11-16(17)19-20(25)21(28)26(2)22(24-19)31-12-18(27)23-13-6-5-7-15(10-13)30-4/h5-11H,12H2,1-4H3,(H,23,27). The molecule has 0 atom stereocenters. The average molecular weight is 455 g/mol. The first-order chi connectivity index (χ1) is 14.9. The van der Waals surface area contributed by atoms with Crippen molar-refractivity contribution in [1.29, 1.82) is 0 Å². The van der Waals surface area contributed by atoms with Gasteiger partial charge in [0.05, 0.1) is 18.4 Å². The molecule has 4 aromatic rings. The second-order valence-electron chi connectivity index (χ2n) is 6.97. The number of methoxy groups -OCH3 is 1. The second-order valence-corrected chi connectivity index (χ2v) is 8.79. The van der Waals surface area contributed by atoms with Crippen molar-refractivity contribution in [2.24, 2.45) is 14.1 Å². The van der Waals surface area contributed by atoms with Crippen LogP contribution in [-0.2, 0) is 18.9 Å². The minimum Gasteiger partial charge on any atom is -0.497 e. The maximum absolute atomic E-state index is 13.1. The molecule has 160 valence electrons. The number of hydrogen-bond acceptors (Lipinski definition) is 6. The minimum absolute atomic E-state index is 0.142. The minimum atomic E-state index is -0.155. The fraction of sp³-hybridized carbons (Fsp3) is 0.227. The number of aromatic nitrogens is 3. The lowest BCUT2D eigenvalue weighted by molar-refractivity contribution is -0.113. The van der Waals surface area contributed by atoms with E-state index in [0.717, 1.165) is 21.5 Å². The van der Waals surface area contributed by atoms with Crippen molar-refractivity contribution in [3.8, 4) is 5.75 Å². The number of anilines is 1. The van der Waals surface area contributed by atoms with Crippen LogP contribution in [0.1, 0.15) is 0 Å². The van der Waals surface area contributed by atoms with E-state index in [1.165, 1.54) is 16.3 Å². The highest BCUT2D eigenvalue weighted by molar-refractivity contribution is 7.99. The lowest BCUT2D eigenvalue weighted by atomic mass is 10.2. The van der Waals surface area contributed by atoms with E-state index in [2.05, 4.69) is 5.32 Å². The molecule has 31 heavy (non-hydrogen) atoms. The van der Waals surface area contributed by atoms with Gasteiger partial charge < -0.3 is 14.6 Å². The molecule has 7 nitrogen and oxygen atoms in total. The predicted octanol–water partition coefficient (Wildman–Crippen LogP) is 3.89. The van der Waals surface area contributed by atoms with E-state index < -0.39 is 0 Å². The van der Waals surface area contributed by atoms with Crippen molar-refractivity contribution in [3.63, 3.8) is 0 Å². The molecule has 0 radical (unpaired) electrons. The Morgan fingerprint density at radius 3 is 2.71 bits per heavy atom. The molecule has 0 bridgehead atoms. The number of nitrogens with zero attached hydrogens (tertiary/aromatic N) is 3. The van der Waals surface area contributed by atoms with Gasteiger partial charge in [-0.1, -0.05) is 17.8 Å². The van der Waals surface area contributed by atoms with Crippen LogP contribution < -0.4 is 15.6 Å². The molecule has 0 saturated heterocycles. The van der Waals surface area contributed by atoms with Crippen LogP contribution in [0.5, 0.6) is 5.75 Å². The van der Waals surface area contributed by atoms with Crippen molar-refractivity contribution in [1.82, 2.24) is 14.1 Å². The Morgan fingerprint density at radius 1 is 1.16 bits per heavy atom. The molecular formula is C22H22N4O3S2. The van der Waals surface area contributed by atoms with Gasteiger partial charge in [0.25, 0.3) is 5.56 Å². The van der Waals surface area contributed by atoms with E-state index in [1.54, 1.807) is 25.9 Å². The zero-order chi connectivity index (χ0) is 22.1. The summed E-state index contributed by atoms with van der Waals surface area (Å²) in [5, 5.41) is 4.23. The van der Waals surface area contributed by atoms with Gasteiger partial charge in [-0.3, -0.25) is 14.2 Å². The molecular weight excluding hydrogens is 432 g/mol. The van der Waals surface area contributed by atoms with E-state index >= 15 is 0 Å². The predicted molar refractivity (Wildman–Crippen MR) is 128 cm³/mol. The fourth-order valence-corrected chi connectivity index (χ4v) is 4.69. The number of ether oxygens (including phenoxy) is 1. The molecule has 4 rings (SSSR count). The van der Waals surface area contributed by atoms with Crippen LogP contribution in [0.2, 0.25) is 0 Å². The number of rotatable bonds is 6. The zero-order valence-electron chi connectivity index (χ0n) is 17.6. The highest BCUT2D eigenvalue weighted by atomic mass is 32.2. The Labute approximate surface area is 187 Å². The van der Waals surface area contributed by atoms with Gasteiger partial charge in [-0.15, -0.1) is 11.8 Å². The first-order valence-corrected chi connectivity index (χ1v) is 11.7. The van der Waals surface area contributed by atoms with Crippen LogP contribution in [0.4, 0.5) is 5.69 Å². The number of carbonyl (C=O) groups excluding carboxylic acids is 1. The Bertz CT molecular complexity index is 1360. The summed E-state index contributed by atoms with van der Waals surface area (Å²) in [4.78, 5) is 31.3. The molecule has 2 aromatic carbocycles. The molecule has 0 spiro atoms. The van der Waals surface area contributed by atoms with Gasteiger partial charge in [0, 0.05) is 30.1 Å². The highest BCUT2D eigenvalue weighted by Gasteiger charge is 2.18. The van der Waals surface area contributed by atoms with Crippen molar-refractivity contribution < 1.29 is 9.53 Å². The van der Waals surface area contributed by atoms with Crippen LogP contribution in [0.15, 0.2) is 57.3 Å². The Kier molecular flexibility index (Phi) is 5.97. The molecule has 0 aliphatic rings. The van der Waals surface area contributed by atoms with E-state index in [0.29, 0.717) is 21.9 Å². The molecule has 2 aromatic heterocycles. The molecule has 9 heteroatoms.